The predicted molar refractivity (Wildman–Crippen MR) is 45.5 cm³/mol. The number of carbonyl (C=O) groups is 1. The van der Waals surface area contributed by atoms with Gasteiger partial charge < -0.3 is 4.74 Å². The molecule has 2 heteroatoms. The summed E-state index contributed by atoms with van der Waals surface area (Å²) < 4.78 is 4.87. The first kappa shape index (κ1) is 10.4. The number of allylic oxidation sites excluding steroid dienone is 1. The lowest BCUT2D eigenvalue weighted by atomic mass is 10.1. The highest BCUT2D eigenvalue weighted by atomic mass is 16.5. The lowest BCUT2D eigenvalue weighted by Crippen LogP contribution is -2.18. The fraction of sp³-hybridized carbons (Fsp3) is 0.667. The number of hydrogen-bond acceptors (Lipinski definition) is 2. The van der Waals surface area contributed by atoms with Crippen molar-refractivity contribution < 1.29 is 9.53 Å². The standard InChI is InChI=1S/C9H16O2/c1-4-5-6-7-9(10)8(2)11-3/h4,8H,1,5-7H2,2-3H3. The van der Waals surface area contributed by atoms with Crippen molar-refractivity contribution in [3.8, 4) is 0 Å². The molecule has 0 spiro atoms. The number of methoxy groups -OCH3 is 1. The van der Waals surface area contributed by atoms with Gasteiger partial charge in [0.15, 0.2) is 5.78 Å². The minimum absolute atomic E-state index is 0.175. The topological polar surface area (TPSA) is 26.3 Å². The second-order valence-corrected chi connectivity index (χ2v) is 2.53. The van der Waals surface area contributed by atoms with E-state index in [1.54, 1.807) is 14.0 Å². The van der Waals surface area contributed by atoms with Gasteiger partial charge in [-0.05, 0) is 19.8 Å². The Kier molecular flexibility index (Phi) is 5.75. The van der Waals surface area contributed by atoms with Crippen LogP contribution in [0.25, 0.3) is 0 Å². The molecule has 1 atom stereocenters. The highest BCUT2D eigenvalue weighted by molar-refractivity contribution is 5.82. The van der Waals surface area contributed by atoms with Crippen molar-refractivity contribution in [1.82, 2.24) is 0 Å². The molecule has 0 saturated carbocycles. The van der Waals surface area contributed by atoms with Crippen molar-refractivity contribution >= 4 is 5.78 Å². The summed E-state index contributed by atoms with van der Waals surface area (Å²) in [6, 6.07) is 0. The van der Waals surface area contributed by atoms with Gasteiger partial charge in [-0.1, -0.05) is 6.08 Å². The van der Waals surface area contributed by atoms with Gasteiger partial charge in [0, 0.05) is 13.5 Å². The summed E-state index contributed by atoms with van der Waals surface area (Å²) in [6.45, 7) is 5.35. The van der Waals surface area contributed by atoms with Crippen molar-refractivity contribution in [3.05, 3.63) is 12.7 Å². The van der Waals surface area contributed by atoms with Crippen LogP contribution >= 0.6 is 0 Å². The van der Waals surface area contributed by atoms with Crippen LogP contribution in [0.2, 0.25) is 0 Å². The number of ether oxygens (including phenoxy) is 1. The zero-order chi connectivity index (χ0) is 8.69. The maximum Gasteiger partial charge on any atom is 0.161 e. The van der Waals surface area contributed by atoms with E-state index in [1.165, 1.54) is 0 Å². The zero-order valence-electron chi connectivity index (χ0n) is 7.30. The summed E-state index contributed by atoms with van der Waals surface area (Å²) in [5.41, 5.74) is 0. The molecular weight excluding hydrogens is 140 g/mol. The average Bonchev–Trinajstić information content (AvgIpc) is 2.03. The monoisotopic (exact) mass is 156 g/mol. The zero-order valence-corrected chi connectivity index (χ0v) is 7.30. The molecule has 0 aromatic heterocycles. The first-order chi connectivity index (χ1) is 5.22. The molecule has 1 unspecified atom stereocenters. The van der Waals surface area contributed by atoms with Crippen molar-refractivity contribution in [1.29, 1.82) is 0 Å². The van der Waals surface area contributed by atoms with E-state index >= 15 is 0 Å². The molecule has 0 aromatic carbocycles. The van der Waals surface area contributed by atoms with Crippen molar-refractivity contribution in [3.63, 3.8) is 0 Å². The van der Waals surface area contributed by atoms with E-state index < -0.39 is 0 Å². The molecule has 0 aliphatic carbocycles. The number of ketones is 1. The second-order valence-electron chi connectivity index (χ2n) is 2.53. The number of rotatable bonds is 6. The largest absolute Gasteiger partial charge is 0.374 e. The molecule has 0 rings (SSSR count). The Morgan fingerprint density at radius 1 is 1.73 bits per heavy atom. The first-order valence-electron chi connectivity index (χ1n) is 3.88. The van der Waals surface area contributed by atoms with Gasteiger partial charge in [0.1, 0.15) is 6.10 Å². The van der Waals surface area contributed by atoms with Crippen molar-refractivity contribution in [2.75, 3.05) is 7.11 Å². The van der Waals surface area contributed by atoms with Crippen LogP contribution in [0.15, 0.2) is 12.7 Å². The van der Waals surface area contributed by atoms with E-state index in [2.05, 4.69) is 6.58 Å². The van der Waals surface area contributed by atoms with Crippen LogP contribution in [0.1, 0.15) is 26.2 Å². The Morgan fingerprint density at radius 3 is 2.82 bits per heavy atom. The Morgan fingerprint density at radius 2 is 2.36 bits per heavy atom. The fourth-order valence-corrected chi connectivity index (χ4v) is 0.755. The summed E-state index contributed by atoms with van der Waals surface area (Å²) >= 11 is 0. The fourth-order valence-electron chi connectivity index (χ4n) is 0.755. The van der Waals surface area contributed by atoms with Gasteiger partial charge in [-0.3, -0.25) is 4.79 Å². The van der Waals surface area contributed by atoms with Crippen LogP contribution in [-0.4, -0.2) is 19.0 Å². The molecule has 0 aliphatic heterocycles. The van der Waals surface area contributed by atoms with E-state index in [9.17, 15) is 4.79 Å². The van der Waals surface area contributed by atoms with Gasteiger partial charge in [0.2, 0.25) is 0 Å². The van der Waals surface area contributed by atoms with Crippen LogP contribution in [0.5, 0.6) is 0 Å². The van der Waals surface area contributed by atoms with Gasteiger partial charge in [-0.25, -0.2) is 0 Å². The highest BCUT2D eigenvalue weighted by Gasteiger charge is 2.09. The summed E-state index contributed by atoms with van der Waals surface area (Å²) in [4.78, 5) is 11.1. The molecule has 2 nitrogen and oxygen atoms in total. The molecule has 0 saturated heterocycles. The third-order valence-electron chi connectivity index (χ3n) is 1.64. The van der Waals surface area contributed by atoms with Crippen molar-refractivity contribution in [2.45, 2.75) is 32.3 Å². The third-order valence-corrected chi connectivity index (χ3v) is 1.64. The average molecular weight is 156 g/mol. The molecule has 0 aliphatic rings. The Hall–Kier alpha value is -0.630. The minimum Gasteiger partial charge on any atom is -0.374 e. The molecule has 0 fully saturated rings. The van der Waals surface area contributed by atoms with Crippen LogP contribution in [0, 0.1) is 0 Å². The molecule has 0 heterocycles. The third kappa shape index (κ3) is 4.73. The number of Topliss-reactive ketones (excluding diaryl/α,β-unsaturated/α-hetero) is 1. The summed E-state index contributed by atoms with van der Waals surface area (Å²) in [5, 5.41) is 0. The van der Waals surface area contributed by atoms with E-state index in [1.807, 2.05) is 6.08 Å². The number of hydrogen-bond donors (Lipinski definition) is 0. The molecule has 64 valence electrons. The summed E-state index contributed by atoms with van der Waals surface area (Å²) in [6.07, 6.45) is 3.96. The second kappa shape index (κ2) is 6.10. The van der Waals surface area contributed by atoms with E-state index in [0.29, 0.717) is 6.42 Å². The lowest BCUT2D eigenvalue weighted by Gasteiger charge is -2.06. The highest BCUT2D eigenvalue weighted by Crippen LogP contribution is 2.01. The van der Waals surface area contributed by atoms with Crippen molar-refractivity contribution in [2.24, 2.45) is 0 Å². The Labute approximate surface area is 68.2 Å². The smallest absolute Gasteiger partial charge is 0.161 e. The van der Waals surface area contributed by atoms with Gasteiger partial charge in [-0.15, -0.1) is 6.58 Å². The van der Waals surface area contributed by atoms with E-state index in [-0.39, 0.29) is 11.9 Å². The predicted octanol–water partition coefficient (Wildman–Crippen LogP) is 1.95. The number of carbonyl (C=O) groups excluding carboxylic acids is 1. The molecule has 0 amide bonds. The molecule has 0 bridgehead atoms. The van der Waals surface area contributed by atoms with Gasteiger partial charge in [0.25, 0.3) is 0 Å². The molecule has 11 heavy (non-hydrogen) atoms. The molecule has 0 aromatic rings. The van der Waals surface area contributed by atoms with Gasteiger partial charge >= 0.3 is 0 Å². The van der Waals surface area contributed by atoms with E-state index in [4.69, 9.17) is 4.74 Å². The van der Waals surface area contributed by atoms with Gasteiger partial charge in [0.05, 0.1) is 0 Å². The van der Waals surface area contributed by atoms with E-state index in [0.717, 1.165) is 12.8 Å². The maximum atomic E-state index is 11.1. The SMILES string of the molecule is C=CCCCC(=O)C(C)OC. The van der Waals surface area contributed by atoms with Gasteiger partial charge in [-0.2, -0.15) is 0 Å². The number of unbranched alkanes of at least 4 members (excludes halogenated alkanes) is 1. The summed E-state index contributed by atoms with van der Waals surface area (Å²) in [7, 11) is 1.55. The quantitative estimate of drug-likeness (QED) is 0.434. The van der Waals surface area contributed by atoms with Crippen LogP contribution in [0.4, 0.5) is 0 Å². The lowest BCUT2D eigenvalue weighted by molar-refractivity contribution is -0.127. The van der Waals surface area contributed by atoms with Crippen LogP contribution < -0.4 is 0 Å². The van der Waals surface area contributed by atoms with Crippen LogP contribution in [-0.2, 0) is 9.53 Å². The summed E-state index contributed by atoms with van der Waals surface area (Å²) in [5.74, 6) is 0.175. The normalized spacial score (nSPS) is 12.5. The minimum atomic E-state index is -0.250. The van der Waals surface area contributed by atoms with Crippen LogP contribution in [0.3, 0.4) is 0 Å². The maximum absolute atomic E-state index is 11.1. The molecule has 0 N–H and O–H groups in total. The first-order valence-corrected chi connectivity index (χ1v) is 3.88. The Bertz CT molecular complexity index is 130. The Balaban J connectivity index is 3.43. The molecule has 0 radical (unpaired) electrons. The molecular formula is C9H16O2.